The fourth-order valence-electron chi connectivity index (χ4n) is 3.07. The fourth-order valence-corrected chi connectivity index (χ4v) is 4.11. The number of thioether (sulfide) groups is 1. The summed E-state index contributed by atoms with van der Waals surface area (Å²) in [7, 11) is 1.36. The Hall–Kier alpha value is -2.62. The fraction of sp³-hybridized carbons (Fsp3) is 0.471. The van der Waals surface area contributed by atoms with Crippen LogP contribution in [0.5, 0.6) is 5.75 Å². The van der Waals surface area contributed by atoms with Crippen molar-refractivity contribution in [3.05, 3.63) is 28.3 Å². The van der Waals surface area contributed by atoms with Gasteiger partial charge in [-0.3, -0.25) is 24.7 Å². The number of nitro groups is 1. The molecule has 10 heteroatoms. The topological polar surface area (TPSA) is 123 Å². The van der Waals surface area contributed by atoms with Crippen LogP contribution in [0.25, 0.3) is 0 Å². The molecule has 1 heterocycles. The molecule has 1 aromatic rings. The van der Waals surface area contributed by atoms with Crippen molar-refractivity contribution in [3.8, 4) is 5.75 Å². The van der Waals surface area contributed by atoms with Crippen molar-refractivity contribution in [2.24, 2.45) is 4.99 Å². The zero-order valence-electron chi connectivity index (χ0n) is 14.8. The standard InChI is InChI=1S/C17H20N4O5S/c1-26-13-8-11(21(24)25)6-7-12(13)19-15(22)9-14-16(23)20-17(27-14)18-10-4-2-3-5-10/h6-8,10,14H,2-5,9H2,1H3,(H,19,22)(H,18,20,23). The van der Waals surface area contributed by atoms with Gasteiger partial charge in [-0.15, -0.1) is 0 Å². The van der Waals surface area contributed by atoms with Crippen molar-refractivity contribution in [3.63, 3.8) is 0 Å². The van der Waals surface area contributed by atoms with E-state index in [-0.39, 0.29) is 35.7 Å². The van der Waals surface area contributed by atoms with Gasteiger partial charge in [-0.25, -0.2) is 0 Å². The molecular weight excluding hydrogens is 372 g/mol. The third-order valence-electron chi connectivity index (χ3n) is 4.44. The highest BCUT2D eigenvalue weighted by molar-refractivity contribution is 8.15. The monoisotopic (exact) mass is 392 g/mol. The summed E-state index contributed by atoms with van der Waals surface area (Å²) in [4.78, 5) is 39.3. The molecule has 1 aliphatic heterocycles. The lowest BCUT2D eigenvalue weighted by molar-refractivity contribution is -0.384. The summed E-state index contributed by atoms with van der Waals surface area (Å²) < 4.78 is 5.10. The molecule has 2 N–H and O–H groups in total. The Morgan fingerprint density at radius 2 is 2.19 bits per heavy atom. The van der Waals surface area contributed by atoms with Crippen molar-refractivity contribution in [2.45, 2.75) is 43.4 Å². The number of methoxy groups -OCH3 is 1. The summed E-state index contributed by atoms with van der Waals surface area (Å²) in [5.41, 5.74) is 0.180. The summed E-state index contributed by atoms with van der Waals surface area (Å²) >= 11 is 1.27. The van der Waals surface area contributed by atoms with Crippen LogP contribution in [0, 0.1) is 10.1 Å². The summed E-state index contributed by atoms with van der Waals surface area (Å²) in [6.45, 7) is 0. The molecule has 2 amide bonds. The zero-order chi connectivity index (χ0) is 19.4. The maximum Gasteiger partial charge on any atom is 0.273 e. The van der Waals surface area contributed by atoms with Crippen molar-refractivity contribution < 1.29 is 19.2 Å². The first kappa shape index (κ1) is 19.2. The Morgan fingerprint density at radius 3 is 2.85 bits per heavy atom. The number of aliphatic imine (C=N–C) groups is 1. The number of nitro benzene ring substituents is 1. The van der Waals surface area contributed by atoms with Gasteiger partial charge in [0.1, 0.15) is 11.0 Å². The molecule has 27 heavy (non-hydrogen) atoms. The second-order valence-electron chi connectivity index (χ2n) is 6.36. The molecule has 2 fully saturated rings. The predicted octanol–water partition coefficient (Wildman–Crippen LogP) is 2.46. The molecule has 144 valence electrons. The van der Waals surface area contributed by atoms with E-state index >= 15 is 0 Å². The number of amidine groups is 1. The van der Waals surface area contributed by atoms with Gasteiger partial charge < -0.3 is 15.4 Å². The minimum atomic E-state index is -0.547. The molecule has 2 aliphatic rings. The van der Waals surface area contributed by atoms with E-state index in [0.29, 0.717) is 10.9 Å². The number of ether oxygens (including phenoxy) is 1. The molecule has 1 aromatic carbocycles. The van der Waals surface area contributed by atoms with Crippen LogP contribution >= 0.6 is 11.8 Å². The first-order valence-corrected chi connectivity index (χ1v) is 9.52. The molecule has 0 aromatic heterocycles. The minimum Gasteiger partial charge on any atom is -0.494 e. The van der Waals surface area contributed by atoms with Crippen LogP contribution in [0.4, 0.5) is 11.4 Å². The lowest BCUT2D eigenvalue weighted by atomic mass is 10.2. The van der Waals surface area contributed by atoms with Crippen molar-refractivity contribution >= 4 is 40.1 Å². The van der Waals surface area contributed by atoms with Gasteiger partial charge in [0.15, 0.2) is 5.17 Å². The van der Waals surface area contributed by atoms with Crippen LogP contribution < -0.4 is 15.4 Å². The average molecular weight is 392 g/mol. The Kier molecular flexibility index (Phi) is 5.94. The quantitative estimate of drug-likeness (QED) is 0.566. The molecule has 0 bridgehead atoms. The normalized spacial score (nSPS) is 21.3. The van der Waals surface area contributed by atoms with E-state index in [4.69, 9.17) is 4.74 Å². The van der Waals surface area contributed by atoms with Gasteiger partial charge in [-0.1, -0.05) is 24.6 Å². The third kappa shape index (κ3) is 4.76. The number of hydrogen-bond acceptors (Lipinski definition) is 7. The first-order chi connectivity index (χ1) is 13.0. The van der Waals surface area contributed by atoms with Gasteiger partial charge in [0.2, 0.25) is 11.8 Å². The Morgan fingerprint density at radius 1 is 1.44 bits per heavy atom. The second-order valence-corrected chi connectivity index (χ2v) is 7.55. The van der Waals surface area contributed by atoms with Gasteiger partial charge in [0.05, 0.1) is 29.8 Å². The number of carbonyl (C=O) groups is 2. The van der Waals surface area contributed by atoms with Gasteiger partial charge in [0, 0.05) is 12.5 Å². The van der Waals surface area contributed by atoms with Crippen LogP contribution in [-0.4, -0.2) is 40.3 Å². The van der Waals surface area contributed by atoms with Crippen LogP contribution in [0.15, 0.2) is 23.2 Å². The SMILES string of the molecule is COc1cc([N+](=O)[O-])ccc1NC(=O)CC1SC(=NC2CCCC2)NC1=O. The Bertz CT molecular complexity index is 792. The van der Waals surface area contributed by atoms with Crippen LogP contribution in [0.1, 0.15) is 32.1 Å². The number of carbonyl (C=O) groups excluding carboxylic acids is 2. The second kappa shape index (κ2) is 8.38. The number of benzene rings is 1. The van der Waals surface area contributed by atoms with Gasteiger partial charge in [-0.05, 0) is 18.9 Å². The number of rotatable bonds is 6. The smallest absolute Gasteiger partial charge is 0.273 e. The van der Waals surface area contributed by atoms with E-state index in [2.05, 4.69) is 15.6 Å². The molecule has 1 unspecified atom stereocenters. The number of nitrogens with one attached hydrogen (secondary N) is 2. The Balaban J connectivity index is 1.61. The number of anilines is 1. The van der Waals surface area contributed by atoms with Crippen molar-refractivity contribution in [1.29, 1.82) is 0 Å². The van der Waals surface area contributed by atoms with Crippen LogP contribution in [0.2, 0.25) is 0 Å². The number of hydrogen-bond donors (Lipinski definition) is 2. The molecule has 1 saturated heterocycles. The van der Waals surface area contributed by atoms with Gasteiger partial charge in [0.25, 0.3) is 5.69 Å². The van der Waals surface area contributed by atoms with E-state index in [9.17, 15) is 19.7 Å². The third-order valence-corrected chi connectivity index (χ3v) is 5.54. The van der Waals surface area contributed by atoms with Crippen LogP contribution in [-0.2, 0) is 9.59 Å². The lowest BCUT2D eigenvalue weighted by Gasteiger charge is -2.11. The largest absolute Gasteiger partial charge is 0.494 e. The number of amides is 2. The summed E-state index contributed by atoms with van der Waals surface area (Å²) in [5.74, 6) is -0.427. The zero-order valence-corrected chi connectivity index (χ0v) is 15.6. The Labute approximate surface area is 160 Å². The first-order valence-electron chi connectivity index (χ1n) is 8.64. The average Bonchev–Trinajstić information content (AvgIpc) is 3.25. The lowest BCUT2D eigenvalue weighted by Crippen LogP contribution is -2.28. The van der Waals surface area contributed by atoms with Crippen LogP contribution in [0.3, 0.4) is 0 Å². The molecule has 1 aliphatic carbocycles. The maximum atomic E-state index is 12.3. The summed E-state index contributed by atoms with van der Waals surface area (Å²) in [6, 6.07) is 4.18. The highest BCUT2D eigenvalue weighted by Gasteiger charge is 2.33. The summed E-state index contributed by atoms with van der Waals surface area (Å²) in [5, 5.41) is 16.2. The molecule has 3 rings (SSSR count). The van der Waals surface area contributed by atoms with Crippen molar-refractivity contribution in [1.82, 2.24) is 5.32 Å². The molecule has 1 atom stereocenters. The van der Waals surface area contributed by atoms with Gasteiger partial charge >= 0.3 is 0 Å². The predicted molar refractivity (Wildman–Crippen MR) is 102 cm³/mol. The van der Waals surface area contributed by atoms with E-state index in [0.717, 1.165) is 25.7 Å². The minimum absolute atomic E-state index is 0.0275. The maximum absolute atomic E-state index is 12.3. The summed E-state index contributed by atoms with van der Waals surface area (Å²) in [6.07, 6.45) is 4.35. The number of nitrogens with zero attached hydrogens (tertiary/aromatic N) is 2. The highest BCUT2D eigenvalue weighted by Crippen LogP contribution is 2.30. The van der Waals surface area contributed by atoms with Crippen molar-refractivity contribution in [2.75, 3.05) is 12.4 Å². The molecule has 9 nitrogen and oxygen atoms in total. The number of non-ortho nitro benzene ring substituents is 1. The van der Waals surface area contributed by atoms with E-state index in [1.54, 1.807) is 0 Å². The molecule has 0 spiro atoms. The molecular formula is C17H20N4O5S. The van der Waals surface area contributed by atoms with E-state index in [1.165, 1.54) is 37.1 Å². The van der Waals surface area contributed by atoms with E-state index in [1.807, 2.05) is 0 Å². The van der Waals surface area contributed by atoms with E-state index < -0.39 is 10.2 Å². The molecule has 0 radical (unpaired) electrons. The molecule has 1 saturated carbocycles. The van der Waals surface area contributed by atoms with Gasteiger partial charge in [-0.2, -0.15) is 0 Å². The highest BCUT2D eigenvalue weighted by atomic mass is 32.2.